The maximum absolute atomic E-state index is 12.3. The van der Waals surface area contributed by atoms with Crippen LogP contribution in [0.1, 0.15) is 19.8 Å². The molecule has 1 amide bonds. The second-order valence-corrected chi connectivity index (χ2v) is 4.91. The highest BCUT2D eigenvalue weighted by Gasteiger charge is 2.32. The first-order valence-electron chi connectivity index (χ1n) is 6.29. The molecule has 96 valence electrons. The van der Waals surface area contributed by atoms with E-state index in [1.165, 1.54) is 0 Å². The lowest BCUT2D eigenvalue weighted by Gasteiger charge is -2.37. The van der Waals surface area contributed by atoms with Gasteiger partial charge >= 0.3 is 0 Å². The molecule has 1 heterocycles. The zero-order chi connectivity index (χ0) is 12.3. The minimum absolute atomic E-state index is 0.0158. The van der Waals surface area contributed by atoms with Crippen LogP contribution in [0.5, 0.6) is 0 Å². The van der Waals surface area contributed by atoms with Gasteiger partial charge in [0.1, 0.15) is 0 Å². The van der Waals surface area contributed by atoms with Crippen molar-refractivity contribution in [1.29, 1.82) is 0 Å². The Morgan fingerprint density at radius 1 is 1.41 bits per heavy atom. The number of carbonyl (C=O) groups is 1. The predicted octanol–water partition coefficient (Wildman–Crippen LogP) is 1.21. The molecule has 1 aliphatic heterocycles. The molecular weight excluding hydrogens is 218 g/mol. The summed E-state index contributed by atoms with van der Waals surface area (Å²) in [6.45, 7) is 3.93. The topological polar surface area (TPSA) is 38.8 Å². The zero-order valence-electron chi connectivity index (χ0n) is 10.6. The maximum Gasteiger partial charge on any atom is 0.226 e. The van der Waals surface area contributed by atoms with Crippen molar-refractivity contribution in [2.75, 3.05) is 26.8 Å². The van der Waals surface area contributed by atoms with Crippen LogP contribution >= 0.6 is 0 Å². The molecule has 17 heavy (non-hydrogen) atoms. The summed E-state index contributed by atoms with van der Waals surface area (Å²) >= 11 is 0. The Morgan fingerprint density at radius 2 is 2.12 bits per heavy atom. The highest BCUT2D eigenvalue weighted by Crippen LogP contribution is 2.22. The number of methoxy groups -OCH3 is 1. The highest BCUT2D eigenvalue weighted by atomic mass is 16.5. The molecular formula is C13H21NO3. The average molecular weight is 239 g/mol. The number of carbonyl (C=O) groups excluding carboxylic acids is 1. The first-order valence-corrected chi connectivity index (χ1v) is 6.29. The molecule has 0 aromatic heterocycles. The second-order valence-electron chi connectivity index (χ2n) is 4.91. The Balaban J connectivity index is 1.92. The number of nitrogens with zero attached hydrogens (tertiary/aromatic N) is 1. The average Bonchev–Trinajstić information content (AvgIpc) is 2.81. The molecule has 0 unspecified atom stereocenters. The van der Waals surface area contributed by atoms with Crippen LogP contribution in [0, 0.1) is 5.92 Å². The molecule has 0 aromatic rings. The first-order chi connectivity index (χ1) is 8.20. The van der Waals surface area contributed by atoms with E-state index < -0.39 is 0 Å². The summed E-state index contributed by atoms with van der Waals surface area (Å²) in [7, 11) is 1.66. The Morgan fingerprint density at radius 3 is 2.76 bits per heavy atom. The molecule has 2 rings (SSSR count). The number of amides is 1. The van der Waals surface area contributed by atoms with Crippen molar-refractivity contribution in [1.82, 2.24) is 4.90 Å². The van der Waals surface area contributed by atoms with E-state index in [4.69, 9.17) is 9.47 Å². The van der Waals surface area contributed by atoms with Crippen LogP contribution in [0.4, 0.5) is 0 Å². The van der Waals surface area contributed by atoms with Gasteiger partial charge in [-0.15, -0.1) is 0 Å². The molecule has 2 aliphatic rings. The molecule has 1 aliphatic carbocycles. The van der Waals surface area contributed by atoms with E-state index in [1.807, 2.05) is 11.8 Å². The lowest BCUT2D eigenvalue weighted by Crippen LogP contribution is -2.51. The van der Waals surface area contributed by atoms with Gasteiger partial charge in [0.15, 0.2) is 0 Å². The highest BCUT2D eigenvalue weighted by molar-refractivity contribution is 5.79. The van der Waals surface area contributed by atoms with Gasteiger partial charge in [0, 0.05) is 26.1 Å². The lowest BCUT2D eigenvalue weighted by atomic mass is 10.0. The summed E-state index contributed by atoms with van der Waals surface area (Å²) in [6, 6.07) is 0. The number of hydrogen-bond acceptors (Lipinski definition) is 3. The van der Waals surface area contributed by atoms with Crippen molar-refractivity contribution in [3.63, 3.8) is 0 Å². The quantitative estimate of drug-likeness (QED) is 0.695. The van der Waals surface area contributed by atoms with Crippen LogP contribution in [-0.2, 0) is 14.3 Å². The summed E-state index contributed by atoms with van der Waals surface area (Å²) in [5, 5.41) is 0. The van der Waals surface area contributed by atoms with Crippen molar-refractivity contribution < 1.29 is 14.3 Å². The molecule has 0 N–H and O–H groups in total. The van der Waals surface area contributed by atoms with Crippen LogP contribution in [-0.4, -0.2) is 49.8 Å². The molecule has 4 heteroatoms. The predicted molar refractivity (Wildman–Crippen MR) is 64.7 cm³/mol. The molecule has 0 bridgehead atoms. The third kappa shape index (κ3) is 3.07. The SMILES string of the molecule is COC[C@@H]1CN(C(=O)C2CC=CC2)C[C@H](C)O1. The molecule has 0 saturated carbocycles. The van der Waals surface area contributed by atoms with Gasteiger partial charge in [-0.3, -0.25) is 4.79 Å². The second kappa shape index (κ2) is 5.65. The molecule has 1 saturated heterocycles. The number of allylic oxidation sites excluding steroid dienone is 2. The van der Waals surface area contributed by atoms with Gasteiger partial charge in [0.2, 0.25) is 5.91 Å². The summed E-state index contributed by atoms with van der Waals surface area (Å²) in [5.41, 5.74) is 0. The minimum atomic E-state index is 0.0158. The molecule has 1 fully saturated rings. The van der Waals surface area contributed by atoms with Gasteiger partial charge in [-0.25, -0.2) is 0 Å². The molecule has 0 spiro atoms. The van der Waals surface area contributed by atoms with Gasteiger partial charge < -0.3 is 14.4 Å². The Bertz CT molecular complexity index is 295. The van der Waals surface area contributed by atoms with Gasteiger partial charge in [-0.05, 0) is 19.8 Å². The monoisotopic (exact) mass is 239 g/mol. The van der Waals surface area contributed by atoms with E-state index >= 15 is 0 Å². The molecule has 4 nitrogen and oxygen atoms in total. The van der Waals surface area contributed by atoms with E-state index in [2.05, 4.69) is 12.2 Å². The summed E-state index contributed by atoms with van der Waals surface area (Å²) in [4.78, 5) is 14.2. The fraction of sp³-hybridized carbons (Fsp3) is 0.769. The maximum atomic E-state index is 12.3. The van der Waals surface area contributed by atoms with E-state index in [0.717, 1.165) is 12.8 Å². The Kier molecular flexibility index (Phi) is 4.18. The van der Waals surface area contributed by atoms with Crippen molar-refractivity contribution in [2.45, 2.75) is 32.0 Å². The smallest absolute Gasteiger partial charge is 0.226 e. The number of ether oxygens (including phenoxy) is 2. The third-order valence-corrected chi connectivity index (χ3v) is 3.35. The van der Waals surface area contributed by atoms with Crippen LogP contribution in [0.15, 0.2) is 12.2 Å². The van der Waals surface area contributed by atoms with Crippen molar-refractivity contribution >= 4 is 5.91 Å². The Hall–Kier alpha value is -0.870. The van der Waals surface area contributed by atoms with E-state index in [-0.39, 0.29) is 24.0 Å². The molecule has 2 atom stereocenters. The van der Waals surface area contributed by atoms with Gasteiger partial charge in [-0.2, -0.15) is 0 Å². The molecule has 0 radical (unpaired) electrons. The number of hydrogen-bond donors (Lipinski definition) is 0. The summed E-state index contributed by atoms with van der Waals surface area (Å²) in [6.07, 6.45) is 6.08. The van der Waals surface area contributed by atoms with E-state index in [0.29, 0.717) is 19.7 Å². The van der Waals surface area contributed by atoms with Crippen molar-refractivity contribution in [2.24, 2.45) is 5.92 Å². The zero-order valence-corrected chi connectivity index (χ0v) is 10.6. The normalized spacial score (nSPS) is 29.9. The van der Waals surface area contributed by atoms with E-state index in [1.54, 1.807) is 7.11 Å². The third-order valence-electron chi connectivity index (χ3n) is 3.35. The minimum Gasteiger partial charge on any atom is -0.382 e. The van der Waals surface area contributed by atoms with E-state index in [9.17, 15) is 4.79 Å². The van der Waals surface area contributed by atoms with Crippen LogP contribution in [0.25, 0.3) is 0 Å². The van der Waals surface area contributed by atoms with Crippen LogP contribution < -0.4 is 0 Å². The number of rotatable bonds is 3. The largest absolute Gasteiger partial charge is 0.382 e. The van der Waals surface area contributed by atoms with Gasteiger partial charge in [-0.1, -0.05) is 12.2 Å². The molecule has 0 aromatic carbocycles. The van der Waals surface area contributed by atoms with Gasteiger partial charge in [0.05, 0.1) is 18.8 Å². The summed E-state index contributed by atoms with van der Waals surface area (Å²) in [5.74, 6) is 0.426. The lowest BCUT2D eigenvalue weighted by molar-refractivity contribution is -0.151. The van der Waals surface area contributed by atoms with Crippen LogP contribution in [0.2, 0.25) is 0 Å². The van der Waals surface area contributed by atoms with Gasteiger partial charge in [0.25, 0.3) is 0 Å². The number of morpholine rings is 1. The van der Waals surface area contributed by atoms with Crippen LogP contribution in [0.3, 0.4) is 0 Å². The van der Waals surface area contributed by atoms with Crippen molar-refractivity contribution in [3.05, 3.63) is 12.2 Å². The van der Waals surface area contributed by atoms with Crippen molar-refractivity contribution in [3.8, 4) is 0 Å². The fourth-order valence-electron chi connectivity index (χ4n) is 2.58. The first kappa shape index (κ1) is 12.6. The summed E-state index contributed by atoms with van der Waals surface area (Å²) < 4.78 is 10.8. The standard InChI is InChI=1S/C13H21NO3/c1-10-7-14(8-12(17-10)9-16-2)13(15)11-5-3-4-6-11/h3-4,10-12H,5-9H2,1-2H3/t10-,12-/m0/s1. The Labute approximate surface area is 103 Å². The fourth-order valence-corrected chi connectivity index (χ4v) is 2.58.